The Balaban J connectivity index is 3.25. The normalized spacial score (nSPS) is 9.42. The van der Waals surface area contributed by atoms with Crippen LogP contribution in [0.1, 0.15) is 10.4 Å². The summed E-state index contributed by atoms with van der Waals surface area (Å²) in [6, 6.07) is 4.89. The molecule has 0 aromatic heterocycles. The average molecular weight is 227 g/mol. The van der Waals surface area contributed by atoms with Crippen LogP contribution in [-0.4, -0.2) is 10.9 Å². The topological polar surface area (TPSA) is 37.3 Å². The third-order valence-corrected chi connectivity index (χ3v) is 2.08. The third-order valence-electron chi connectivity index (χ3n) is 1.44. The number of phenolic OH excluding ortho intramolecular Hbond substituents is 1. The second kappa shape index (κ2) is 3.54. The zero-order valence-corrected chi connectivity index (χ0v) is 7.84. The van der Waals surface area contributed by atoms with Crippen LogP contribution in [0, 0.1) is 0 Å². The van der Waals surface area contributed by atoms with Crippen molar-refractivity contribution < 1.29 is 9.90 Å². The van der Waals surface area contributed by atoms with Gasteiger partial charge in [0.2, 0.25) is 0 Å². The Bertz CT molecular complexity index is 331. The van der Waals surface area contributed by atoms with Gasteiger partial charge in [-0.2, -0.15) is 0 Å². The third kappa shape index (κ3) is 1.56. The van der Waals surface area contributed by atoms with Gasteiger partial charge in [0.15, 0.2) is 5.78 Å². The zero-order chi connectivity index (χ0) is 9.14. The molecule has 2 nitrogen and oxygen atoms in total. The lowest BCUT2D eigenvalue weighted by Gasteiger charge is -2.01. The van der Waals surface area contributed by atoms with Gasteiger partial charge in [0, 0.05) is 0 Å². The van der Waals surface area contributed by atoms with Crippen molar-refractivity contribution in [3.63, 3.8) is 0 Å². The summed E-state index contributed by atoms with van der Waals surface area (Å²) in [7, 11) is 0. The van der Waals surface area contributed by atoms with E-state index in [0.29, 0.717) is 4.47 Å². The molecule has 0 fully saturated rings. The van der Waals surface area contributed by atoms with Crippen molar-refractivity contribution in [3.8, 4) is 5.75 Å². The highest BCUT2D eigenvalue weighted by molar-refractivity contribution is 9.10. The van der Waals surface area contributed by atoms with Crippen molar-refractivity contribution in [2.75, 3.05) is 0 Å². The number of ketones is 1. The molecular weight excluding hydrogens is 220 g/mol. The second-order valence-electron chi connectivity index (χ2n) is 2.20. The molecule has 12 heavy (non-hydrogen) atoms. The lowest BCUT2D eigenvalue weighted by atomic mass is 10.1. The van der Waals surface area contributed by atoms with E-state index >= 15 is 0 Å². The fourth-order valence-electron chi connectivity index (χ4n) is 0.824. The van der Waals surface area contributed by atoms with Gasteiger partial charge in [0.25, 0.3) is 0 Å². The van der Waals surface area contributed by atoms with Gasteiger partial charge in [-0.1, -0.05) is 12.6 Å². The molecule has 1 aromatic carbocycles. The lowest BCUT2D eigenvalue weighted by Crippen LogP contribution is -1.93. The molecule has 3 heteroatoms. The Morgan fingerprint density at radius 3 is 2.83 bits per heavy atom. The molecule has 1 rings (SSSR count). The Hall–Kier alpha value is -1.09. The highest BCUT2D eigenvalue weighted by Crippen LogP contribution is 2.27. The smallest absolute Gasteiger partial charge is 0.189 e. The molecule has 62 valence electrons. The molecule has 1 aromatic rings. The molecule has 0 atom stereocenters. The van der Waals surface area contributed by atoms with Crippen molar-refractivity contribution in [2.24, 2.45) is 0 Å². The first-order valence-corrected chi connectivity index (χ1v) is 4.10. The maximum atomic E-state index is 11.1. The van der Waals surface area contributed by atoms with Crippen LogP contribution in [0.4, 0.5) is 0 Å². The van der Waals surface area contributed by atoms with Gasteiger partial charge >= 0.3 is 0 Å². The van der Waals surface area contributed by atoms with Gasteiger partial charge in [-0.3, -0.25) is 4.79 Å². The molecule has 0 saturated carbocycles. The van der Waals surface area contributed by atoms with Gasteiger partial charge in [-0.05, 0) is 34.1 Å². The van der Waals surface area contributed by atoms with E-state index in [0.717, 1.165) is 0 Å². The van der Waals surface area contributed by atoms with Crippen LogP contribution in [0.25, 0.3) is 0 Å². The molecule has 0 unspecified atom stereocenters. The number of aromatic hydroxyl groups is 1. The molecule has 1 N–H and O–H groups in total. The number of phenols is 1. The Labute approximate surface area is 78.7 Å². The van der Waals surface area contributed by atoms with Crippen LogP contribution in [0.5, 0.6) is 5.75 Å². The highest BCUT2D eigenvalue weighted by atomic mass is 79.9. The summed E-state index contributed by atoms with van der Waals surface area (Å²) in [5.41, 5.74) is 0.263. The van der Waals surface area contributed by atoms with Gasteiger partial charge in [-0.15, -0.1) is 0 Å². The summed E-state index contributed by atoms with van der Waals surface area (Å²) in [5, 5.41) is 9.38. The monoisotopic (exact) mass is 226 g/mol. The van der Waals surface area contributed by atoms with Gasteiger partial charge in [0.1, 0.15) is 5.75 Å². The minimum atomic E-state index is -0.284. The minimum Gasteiger partial charge on any atom is -0.506 e. The first-order valence-electron chi connectivity index (χ1n) is 3.31. The molecule has 0 heterocycles. The molecule has 0 aliphatic rings. The maximum Gasteiger partial charge on any atom is 0.189 e. The van der Waals surface area contributed by atoms with E-state index in [2.05, 4.69) is 22.5 Å². The van der Waals surface area contributed by atoms with Crippen LogP contribution in [0.15, 0.2) is 35.3 Å². The number of halogens is 1. The summed E-state index contributed by atoms with van der Waals surface area (Å²) in [4.78, 5) is 11.1. The number of allylic oxidation sites excluding steroid dienone is 1. The van der Waals surface area contributed by atoms with Crippen LogP contribution >= 0.6 is 15.9 Å². The number of carbonyl (C=O) groups excluding carboxylic acids is 1. The fraction of sp³-hybridized carbons (Fsp3) is 0. The number of para-hydroxylation sites is 1. The molecule has 0 aliphatic carbocycles. The summed E-state index contributed by atoms with van der Waals surface area (Å²) >= 11 is 3.11. The van der Waals surface area contributed by atoms with Crippen molar-refractivity contribution >= 4 is 21.7 Å². The number of hydrogen-bond donors (Lipinski definition) is 1. The van der Waals surface area contributed by atoms with Gasteiger partial charge < -0.3 is 5.11 Å². The van der Waals surface area contributed by atoms with E-state index < -0.39 is 0 Å². The Morgan fingerprint density at radius 1 is 1.58 bits per heavy atom. The first kappa shape index (κ1) is 9.00. The van der Waals surface area contributed by atoms with Gasteiger partial charge in [-0.25, -0.2) is 0 Å². The zero-order valence-electron chi connectivity index (χ0n) is 6.25. The summed E-state index contributed by atoms with van der Waals surface area (Å²) in [5.74, 6) is -0.323. The molecule has 0 bridgehead atoms. The molecule has 0 spiro atoms. The van der Waals surface area contributed by atoms with Crippen LogP contribution in [-0.2, 0) is 0 Å². The van der Waals surface area contributed by atoms with E-state index in [9.17, 15) is 9.90 Å². The summed E-state index contributed by atoms with van der Waals surface area (Å²) in [6.07, 6.45) is 1.17. The Kier molecular flexibility index (Phi) is 2.65. The highest BCUT2D eigenvalue weighted by Gasteiger charge is 2.08. The number of rotatable bonds is 2. The number of carbonyl (C=O) groups is 1. The largest absolute Gasteiger partial charge is 0.506 e. The second-order valence-corrected chi connectivity index (χ2v) is 3.06. The Morgan fingerprint density at radius 2 is 2.25 bits per heavy atom. The molecular formula is C9H7BrO2. The molecule has 0 amide bonds. The van der Waals surface area contributed by atoms with E-state index in [1.165, 1.54) is 6.08 Å². The van der Waals surface area contributed by atoms with E-state index in [4.69, 9.17) is 0 Å². The van der Waals surface area contributed by atoms with E-state index in [-0.39, 0.29) is 17.1 Å². The van der Waals surface area contributed by atoms with Crippen LogP contribution < -0.4 is 0 Å². The molecule has 0 saturated heterocycles. The van der Waals surface area contributed by atoms with Crippen LogP contribution in [0.2, 0.25) is 0 Å². The maximum absolute atomic E-state index is 11.1. The predicted molar refractivity (Wildman–Crippen MR) is 50.3 cm³/mol. The number of hydrogen-bond acceptors (Lipinski definition) is 2. The predicted octanol–water partition coefficient (Wildman–Crippen LogP) is 2.52. The molecule has 0 aliphatic heterocycles. The van der Waals surface area contributed by atoms with Crippen molar-refractivity contribution in [1.82, 2.24) is 0 Å². The van der Waals surface area contributed by atoms with Crippen molar-refractivity contribution in [1.29, 1.82) is 0 Å². The fourth-order valence-corrected chi connectivity index (χ4v) is 1.19. The quantitative estimate of drug-likeness (QED) is 0.622. The van der Waals surface area contributed by atoms with E-state index in [1.807, 2.05) is 0 Å². The average Bonchev–Trinajstić information content (AvgIpc) is 2.08. The summed E-state index contributed by atoms with van der Waals surface area (Å²) < 4.78 is 0.509. The molecule has 0 radical (unpaired) electrons. The minimum absolute atomic E-state index is 0.0394. The first-order chi connectivity index (χ1) is 5.66. The summed E-state index contributed by atoms with van der Waals surface area (Å²) in [6.45, 7) is 3.33. The lowest BCUT2D eigenvalue weighted by molar-refractivity contribution is 0.104. The van der Waals surface area contributed by atoms with Crippen LogP contribution in [0.3, 0.4) is 0 Å². The van der Waals surface area contributed by atoms with E-state index in [1.54, 1.807) is 18.2 Å². The van der Waals surface area contributed by atoms with Gasteiger partial charge in [0.05, 0.1) is 10.0 Å². The SMILES string of the molecule is C=CC(=O)c1cccc(Br)c1O. The standard InChI is InChI=1S/C9H7BrO2/c1-2-8(11)6-4-3-5-7(10)9(6)12/h2-5,12H,1H2. The van der Waals surface area contributed by atoms with Crippen molar-refractivity contribution in [3.05, 3.63) is 40.9 Å². The van der Waals surface area contributed by atoms with Crippen molar-refractivity contribution in [2.45, 2.75) is 0 Å². The number of benzene rings is 1.